The van der Waals surface area contributed by atoms with Gasteiger partial charge in [-0.05, 0) is 29.8 Å². The molecule has 1 atom stereocenters. The number of benzene rings is 2. The van der Waals surface area contributed by atoms with Crippen molar-refractivity contribution in [2.24, 2.45) is 5.92 Å². The van der Waals surface area contributed by atoms with E-state index < -0.39 is 5.92 Å². The summed E-state index contributed by atoms with van der Waals surface area (Å²) in [5.41, 5.74) is 1.74. The first-order valence-electron chi connectivity index (χ1n) is 9.70. The third-order valence-corrected chi connectivity index (χ3v) is 5.72. The molecule has 1 fully saturated rings. The molecule has 1 N–H and O–H groups in total. The number of fused-ring (bicyclic) bond motifs is 1. The van der Waals surface area contributed by atoms with E-state index in [-0.39, 0.29) is 37.5 Å². The molecule has 2 aliphatic heterocycles. The van der Waals surface area contributed by atoms with Gasteiger partial charge in [0.15, 0.2) is 11.5 Å². The van der Waals surface area contributed by atoms with Crippen LogP contribution in [0.2, 0.25) is 0 Å². The molecule has 31 heavy (non-hydrogen) atoms. The van der Waals surface area contributed by atoms with Gasteiger partial charge in [0.2, 0.25) is 24.6 Å². The summed E-state index contributed by atoms with van der Waals surface area (Å²) in [5, 5.41) is 7.03. The fraction of sp³-hybridized carbons (Fsp3) is 0.238. The van der Waals surface area contributed by atoms with E-state index in [9.17, 15) is 9.59 Å². The van der Waals surface area contributed by atoms with Crippen LogP contribution < -0.4 is 19.7 Å². The lowest BCUT2D eigenvalue weighted by Gasteiger charge is -2.16. The van der Waals surface area contributed by atoms with E-state index in [1.54, 1.807) is 34.1 Å². The van der Waals surface area contributed by atoms with E-state index in [1.165, 1.54) is 0 Å². The normalized spacial score (nSPS) is 17.3. The second kappa shape index (κ2) is 8.03. The Kier molecular flexibility index (Phi) is 5.06. The maximum absolute atomic E-state index is 12.7. The zero-order valence-electron chi connectivity index (χ0n) is 16.3. The summed E-state index contributed by atoms with van der Waals surface area (Å²) in [6.07, 6.45) is 1.69. The molecule has 1 saturated heterocycles. The zero-order chi connectivity index (χ0) is 21.4. The van der Waals surface area contributed by atoms with Crippen LogP contribution in [-0.4, -0.2) is 39.9 Å². The SMILES string of the molecule is O=C(Nc1ncn(Cc2ccc(Br)cc2)n1)C1CC(=O)N(c2ccc3c(c2)OCO3)C1. The summed E-state index contributed by atoms with van der Waals surface area (Å²) in [7, 11) is 0. The second-order valence-electron chi connectivity index (χ2n) is 7.32. The van der Waals surface area contributed by atoms with Gasteiger partial charge in [0.25, 0.3) is 0 Å². The smallest absolute Gasteiger partial charge is 0.248 e. The Bertz CT molecular complexity index is 1150. The van der Waals surface area contributed by atoms with Gasteiger partial charge in [-0.3, -0.25) is 14.9 Å². The fourth-order valence-electron chi connectivity index (χ4n) is 3.60. The molecule has 5 rings (SSSR count). The van der Waals surface area contributed by atoms with Gasteiger partial charge in [-0.2, -0.15) is 0 Å². The number of amides is 2. The van der Waals surface area contributed by atoms with Gasteiger partial charge < -0.3 is 14.4 Å². The summed E-state index contributed by atoms with van der Waals surface area (Å²) in [6.45, 7) is 0.985. The van der Waals surface area contributed by atoms with Crippen LogP contribution in [0.4, 0.5) is 11.6 Å². The Morgan fingerprint density at radius 2 is 1.97 bits per heavy atom. The molecule has 0 saturated carbocycles. The lowest BCUT2D eigenvalue weighted by molar-refractivity contribution is -0.122. The number of ether oxygens (including phenoxy) is 2. The highest BCUT2D eigenvalue weighted by molar-refractivity contribution is 9.10. The van der Waals surface area contributed by atoms with Crippen molar-refractivity contribution in [2.45, 2.75) is 13.0 Å². The Balaban J connectivity index is 1.22. The minimum absolute atomic E-state index is 0.118. The van der Waals surface area contributed by atoms with Gasteiger partial charge in [-0.15, -0.1) is 5.10 Å². The van der Waals surface area contributed by atoms with Gasteiger partial charge in [0.05, 0.1) is 12.5 Å². The summed E-state index contributed by atoms with van der Waals surface area (Å²) in [5.74, 6) is 0.575. The van der Waals surface area contributed by atoms with E-state index in [0.717, 1.165) is 10.0 Å². The number of nitrogens with zero attached hydrogens (tertiary/aromatic N) is 4. The van der Waals surface area contributed by atoms with Crippen molar-refractivity contribution in [3.63, 3.8) is 0 Å². The van der Waals surface area contributed by atoms with Crippen molar-refractivity contribution in [2.75, 3.05) is 23.6 Å². The highest BCUT2D eigenvalue weighted by Crippen LogP contribution is 2.37. The van der Waals surface area contributed by atoms with Crippen LogP contribution in [0.5, 0.6) is 11.5 Å². The second-order valence-corrected chi connectivity index (χ2v) is 8.24. The highest BCUT2D eigenvalue weighted by Gasteiger charge is 2.36. The van der Waals surface area contributed by atoms with Crippen LogP contribution in [0.1, 0.15) is 12.0 Å². The Labute approximate surface area is 186 Å². The van der Waals surface area contributed by atoms with Crippen molar-refractivity contribution in [1.82, 2.24) is 14.8 Å². The number of anilines is 2. The molecular weight excluding hydrogens is 466 g/mol. The van der Waals surface area contributed by atoms with Crippen LogP contribution in [0.25, 0.3) is 0 Å². The molecule has 10 heteroatoms. The van der Waals surface area contributed by atoms with E-state index >= 15 is 0 Å². The van der Waals surface area contributed by atoms with Crippen molar-refractivity contribution in [1.29, 1.82) is 0 Å². The van der Waals surface area contributed by atoms with Crippen LogP contribution in [0, 0.1) is 5.92 Å². The first-order chi connectivity index (χ1) is 15.0. The number of rotatable bonds is 5. The predicted octanol–water partition coefficient (Wildman–Crippen LogP) is 2.81. The summed E-state index contributed by atoms with van der Waals surface area (Å²) in [4.78, 5) is 31.0. The summed E-state index contributed by atoms with van der Waals surface area (Å²) in [6, 6.07) is 13.2. The van der Waals surface area contributed by atoms with Crippen molar-refractivity contribution >= 4 is 39.4 Å². The Morgan fingerprint density at radius 3 is 2.81 bits per heavy atom. The largest absolute Gasteiger partial charge is 0.454 e. The molecule has 1 unspecified atom stereocenters. The number of hydrogen-bond acceptors (Lipinski definition) is 6. The number of carbonyl (C=O) groups is 2. The van der Waals surface area contributed by atoms with E-state index in [4.69, 9.17) is 9.47 Å². The molecule has 2 aromatic carbocycles. The zero-order valence-corrected chi connectivity index (χ0v) is 17.9. The third-order valence-electron chi connectivity index (χ3n) is 5.19. The van der Waals surface area contributed by atoms with Crippen LogP contribution >= 0.6 is 15.9 Å². The minimum Gasteiger partial charge on any atom is -0.454 e. The predicted molar refractivity (Wildman–Crippen MR) is 115 cm³/mol. The lowest BCUT2D eigenvalue weighted by atomic mass is 10.1. The number of hydrogen-bond donors (Lipinski definition) is 1. The van der Waals surface area contributed by atoms with Crippen molar-refractivity contribution < 1.29 is 19.1 Å². The number of carbonyl (C=O) groups excluding carboxylic acids is 2. The topological polar surface area (TPSA) is 98.6 Å². The monoisotopic (exact) mass is 483 g/mol. The average Bonchev–Trinajstić information content (AvgIpc) is 3.49. The van der Waals surface area contributed by atoms with Crippen LogP contribution in [-0.2, 0) is 16.1 Å². The third kappa shape index (κ3) is 4.11. The average molecular weight is 484 g/mol. The molecule has 3 aromatic rings. The minimum atomic E-state index is -0.489. The van der Waals surface area contributed by atoms with E-state index in [2.05, 4.69) is 31.3 Å². The number of halogens is 1. The first kappa shape index (κ1) is 19.6. The van der Waals surface area contributed by atoms with Gasteiger partial charge in [0, 0.05) is 29.2 Å². The van der Waals surface area contributed by atoms with Gasteiger partial charge in [-0.1, -0.05) is 28.1 Å². The molecule has 2 aliphatic rings. The summed E-state index contributed by atoms with van der Waals surface area (Å²) >= 11 is 3.41. The molecule has 0 bridgehead atoms. The molecule has 158 valence electrons. The first-order valence-corrected chi connectivity index (χ1v) is 10.5. The van der Waals surface area contributed by atoms with E-state index in [1.807, 2.05) is 24.3 Å². The molecule has 0 spiro atoms. The van der Waals surface area contributed by atoms with E-state index in [0.29, 0.717) is 23.7 Å². The molecule has 9 nitrogen and oxygen atoms in total. The van der Waals surface area contributed by atoms with Crippen LogP contribution in [0.15, 0.2) is 53.3 Å². The molecule has 0 radical (unpaired) electrons. The maximum atomic E-state index is 12.7. The maximum Gasteiger partial charge on any atom is 0.248 e. The quantitative estimate of drug-likeness (QED) is 0.598. The number of aromatic nitrogens is 3. The Hall–Kier alpha value is -3.40. The van der Waals surface area contributed by atoms with Crippen molar-refractivity contribution in [3.05, 3.63) is 58.8 Å². The molecule has 3 heterocycles. The van der Waals surface area contributed by atoms with Gasteiger partial charge in [0.1, 0.15) is 6.33 Å². The molecule has 1 aromatic heterocycles. The standard InChI is InChI=1S/C21H18BrN5O4/c22-15-3-1-13(2-4-15)9-26-11-23-21(25-26)24-20(29)14-7-19(28)27(10-14)16-5-6-17-18(8-16)31-12-30-17/h1-6,8,11,14H,7,9-10,12H2,(H,24,25,29). The van der Waals surface area contributed by atoms with Crippen LogP contribution in [0.3, 0.4) is 0 Å². The Morgan fingerprint density at radius 1 is 1.16 bits per heavy atom. The highest BCUT2D eigenvalue weighted by atomic mass is 79.9. The van der Waals surface area contributed by atoms with Crippen molar-refractivity contribution in [3.8, 4) is 11.5 Å². The summed E-state index contributed by atoms with van der Waals surface area (Å²) < 4.78 is 13.3. The van der Waals surface area contributed by atoms with Gasteiger partial charge >= 0.3 is 0 Å². The molecular formula is C21H18BrN5O4. The molecule has 0 aliphatic carbocycles. The fourth-order valence-corrected chi connectivity index (χ4v) is 3.87. The molecule has 2 amide bonds. The van der Waals surface area contributed by atoms with Gasteiger partial charge in [-0.25, -0.2) is 9.67 Å². The lowest BCUT2D eigenvalue weighted by Crippen LogP contribution is -2.28. The number of nitrogens with one attached hydrogen (secondary N) is 1.